The van der Waals surface area contributed by atoms with Crippen LogP contribution in [0.1, 0.15) is 96.0 Å². The third-order valence-electron chi connectivity index (χ3n) is 11.6. The number of ether oxygens (including phenoxy) is 1. The maximum absolute atomic E-state index is 6.91. The Morgan fingerprint density at radius 2 is 1.56 bits per heavy atom. The molecule has 3 aromatic heterocycles. The molecule has 1 aliphatic carbocycles. The molecule has 3 atom stereocenters. The molecule has 0 saturated heterocycles. The van der Waals surface area contributed by atoms with Crippen molar-refractivity contribution in [1.82, 2.24) is 19.3 Å². The Morgan fingerprint density at radius 1 is 0.800 bits per heavy atom. The van der Waals surface area contributed by atoms with Crippen LogP contribution in [0.5, 0.6) is 11.5 Å². The van der Waals surface area contributed by atoms with E-state index in [4.69, 9.17) is 14.8 Å². The van der Waals surface area contributed by atoms with Gasteiger partial charge in [0.2, 0.25) is 0 Å². The summed E-state index contributed by atoms with van der Waals surface area (Å²) < 4.78 is 11.4. The quantitative estimate of drug-likeness (QED) is 0.139. The standard InChI is InChI=1S/C50H54N4O/c1-9-10-16-36-23-24-51-46(27-36)53-44-20-15-14-19-42(44)43-22-21-40(31-45(43)53)55-41-29-38(50(6,7)8)28-39(30-41)54-49(37-17-12-11-13-18-37)48(35(5)52-54)47-33(3)25-32(2)26-34(47)4/h11-15,17-25,27-32,34,47H,9-10,16,26H2,1-8H3/t32-,34-,47?/m0/s1. The van der Waals surface area contributed by atoms with Crippen LogP contribution in [0.15, 0.2) is 121 Å². The van der Waals surface area contributed by atoms with Gasteiger partial charge in [-0.25, -0.2) is 9.67 Å². The lowest BCUT2D eigenvalue weighted by molar-refractivity contribution is 0.391. The van der Waals surface area contributed by atoms with Crippen molar-refractivity contribution in [3.63, 3.8) is 0 Å². The molecule has 8 rings (SSSR count). The fourth-order valence-electron chi connectivity index (χ4n) is 8.99. The fourth-order valence-corrected chi connectivity index (χ4v) is 8.99. The highest BCUT2D eigenvalue weighted by Crippen LogP contribution is 2.46. The van der Waals surface area contributed by atoms with Crippen molar-refractivity contribution in [3.8, 4) is 34.3 Å². The van der Waals surface area contributed by atoms with Gasteiger partial charge in [-0.1, -0.05) is 108 Å². The van der Waals surface area contributed by atoms with Gasteiger partial charge in [0.1, 0.15) is 17.3 Å². The first-order chi connectivity index (χ1) is 26.5. The summed E-state index contributed by atoms with van der Waals surface area (Å²) in [5.74, 6) is 3.90. The zero-order valence-electron chi connectivity index (χ0n) is 33.7. The second-order valence-electron chi connectivity index (χ2n) is 16.9. The molecule has 0 fully saturated rings. The summed E-state index contributed by atoms with van der Waals surface area (Å²) in [7, 11) is 0. The van der Waals surface area contributed by atoms with Crippen LogP contribution < -0.4 is 4.74 Å². The van der Waals surface area contributed by atoms with Crippen LogP contribution in [0.2, 0.25) is 0 Å². The number of rotatable bonds is 9. The summed E-state index contributed by atoms with van der Waals surface area (Å²) in [5.41, 5.74) is 11.8. The lowest BCUT2D eigenvalue weighted by atomic mass is 9.72. The Labute approximate surface area is 326 Å². The van der Waals surface area contributed by atoms with Crippen molar-refractivity contribution >= 4 is 21.8 Å². The van der Waals surface area contributed by atoms with Crippen LogP contribution >= 0.6 is 0 Å². The molecule has 55 heavy (non-hydrogen) atoms. The normalized spacial score (nSPS) is 17.5. The van der Waals surface area contributed by atoms with Crippen molar-refractivity contribution in [2.45, 2.75) is 92.4 Å². The molecule has 4 aromatic carbocycles. The zero-order chi connectivity index (χ0) is 38.4. The van der Waals surface area contributed by atoms with E-state index in [-0.39, 0.29) is 5.41 Å². The van der Waals surface area contributed by atoms with Crippen molar-refractivity contribution in [2.24, 2.45) is 11.8 Å². The molecular formula is C50H54N4O. The second kappa shape index (κ2) is 14.7. The molecule has 0 aliphatic heterocycles. The second-order valence-corrected chi connectivity index (χ2v) is 16.9. The summed E-state index contributed by atoms with van der Waals surface area (Å²) in [4.78, 5) is 4.89. The largest absolute Gasteiger partial charge is 0.457 e. The molecule has 280 valence electrons. The van der Waals surface area contributed by atoms with E-state index in [9.17, 15) is 0 Å². The molecule has 1 unspecified atom stereocenters. The maximum atomic E-state index is 6.91. The van der Waals surface area contributed by atoms with Gasteiger partial charge in [-0.3, -0.25) is 4.57 Å². The first-order valence-electron chi connectivity index (χ1n) is 20.2. The Kier molecular flexibility index (Phi) is 9.75. The van der Waals surface area contributed by atoms with Gasteiger partial charge in [-0.2, -0.15) is 5.10 Å². The number of hydrogen-bond donors (Lipinski definition) is 0. The van der Waals surface area contributed by atoms with Gasteiger partial charge >= 0.3 is 0 Å². The third-order valence-corrected chi connectivity index (χ3v) is 11.6. The van der Waals surface area contributed by atoms with E-state index < -0.39 is 0 Å². The predicted octanol–water partition coefficient (Wildman–Crippen LogP) is 13.5. The van der Waals surface area contributed by atoms with Gasteiger partial charge in [0, 0.05) is 46.1 Å². The van der Waals surface area contributed by atoms with Gasteiger partial charge < -0.3 is 4.74 Å². The smallest absolute Gasteiger partial charge is 0.137 e. The number of allylic oxidation sites excluding steroid dienone is 2. The predicted molar refractivity (Wildman–Crippen MR) is 229 cm³/mol. The highest BCUT2D eigenvalue weighted by Gasteiger charge is 2.33. The minimum Gasteiger partial charge on any atom is -0.457 e. The molecule has 3 heterocycles. The third kappa shape index (κ3) is 7.01. The van der Waals surface area contributed by atoms with Gasteiger partial charge in [0.05, 0.1) is 28.1 Å². The van der Waals surface area contributed by atoms with Crippen LogP contribution in [0.3, 0.4) is 0 Å². The summed E-state index contributed by atoms with van der Waals surface area (Å²) in [6.07, 6.45) is 8.95. The molecule has 0 saturated carbocycles. The number of pyridine rings is 1. The summed E-state index contributed by atoms with van der Waals surface area (Å²) >= 11 is 0. The van der Waals surface area contributed by atoms with E-state index in [2.05, 4.69) is 174 Å². The van der Waals surface area contributed by atoms with Crippen molar-refractivity contribution in [1.29, 1.82) is 0 Å². The average molecular weight is 727 g/mol. The van der Waals surface area contributed by atoms with E-state index in [1.54, 1.807) is 0 Å². The van der Waals surface area contributed by atoms with Crippen LogP contribution in [0, 0.1) is 18.8 Å². The minimum absolute atomic E-state index is 0.121. The maximum Gasteiger partial charge on any atom is 0.137 e. The first kappa shape index (κ1) is 36.6. The van der Waals surface area contributed by atoms with Crippen molar-refractivity contribution < 1.29 is 4.74 Å². The molecule has 0 amide bonds. The number of aromatic nitrogens is 4. The Morgan fingerprint density at radius 3 is 2.33 bits per heavy atom. The molecule has 5 nitrogen and oxygen atoms in total. The molecular weight excluding hydrogens is 673 g/mol. The van der Waals surface area contributed by atoms with Crippen LogP contribution in [-0.4, -0.2) is 19.3 Å². The van der Waals surface area contributed by atoms with Crippen LogP contribution in [0.25, 0.3) is 44.6 Å². The average Bonchev–Trinajstić information content (AvgIpc) is 3.68. The lowest BCUT2D eigenvalue weighted by Crippen LogP contribution is -2.20. The number of unbranched alkanes of at least 4 members (excludes halogenated alkanes) is 1. The SMILES string of the molecule is CCCCc1ccnc(-n2c3ccccc3c3ccc(Oc4cc(-n5nc(C)c(C6C(C)=C[C@H](C)C[C@@H]6C)c5-c5ccccc5)cc(C(C)(C)C)c4)cc32)c1. The number of nitrogens with zero attached hydrogens (tertiary/aromatic N) is 4. The molecule has 0 N–H and O–H groups in total. The lowest BCUT2D eigenvalue weighted by Gasteiger charge is -2.32. The summed E-state index contributed by atoms with van der Waals surface area (Å²) in [5, 5.41) is 7.73. The molecule has 0 radical (unpaired) electrons. The van der Waals surface area contributed by atoms with Gasteiger partial charge in [-0.15, -0.1) is 0 Å². The number of fused-ring (bicyclic) bond motifs is 3. The van der Waals surface area contributed by atoms with Gasteiger partial charge in [0.15, 0.2) is 0 Å². The fraction of sp³-hybridized carbons (Fsp3) is 0.320. The molecule has 7 aromatic rings. The molecule has 1 aliphatic rings. The van der Waals surface area contributed by atoms with Crippen LogP contribution in [-0.2, 0) is 11.8 Å². The highest BCUT2D eigenvalue weighted by molar-refractivity contribution is 6.09. The van der Waals surface area contributed by atoms with E-state index in [1.807, 2.05) is 6.20 Å². The first-order valence-corrected chi connectivity index (χ1v) is 20.2. The Balaban J connectivity index is 1.27. The van der Waals surface area contributed by atoms with E-state index in [1.165, 1.54) is 45.0 Å². The van der Waals surface area contributed by atoms with E-state index in [0.717, 1.165) is 64.7 Å². The van der Waals surface area contributed by atoms with Crippen LogP contribution in [0.4, 0.5) is 0 Å². The van der Waals surface area contributed by atoms with E-state index >= 15 is 0 Å². The topological polar surface area (TPSA) is 44.9 Å². The van der Waals surface area contributed by atoms with E-state index in [0.29, 0.717) is 17.8 Å². The highest BCUT2D eigenvalue weighted by atomic mass is 16.5. The number of aryl methyl sites for hydroxylation is 2. The van der Waals surface area contributed by atoms with Crippen molar-refractivity contribution in [2.75, 3.05) is 0 Å². The number of hydrogen-bond acceptors (Lipinski definition) is 3. The Hall–Kier alpha value is -5.42. The zero-order valence-corrected chi connectivity index (χ0v) is 33.7. The van der Waals surface area contributed by atoms with Crippen molar-refractivity contribution in [3.05, 3.63) is 143 Å². The summed E-state index contributed by atoms with van der Waals surface area (Å²) in [6.45, 7) is 18.3. The molecule has 0 spiro atoms. The summed E-state index contributed by atoms with van der Waals surface area (Å²) in [6, 6.07) is 36.9. The minimum atomic E-state index is -0.121. The number of para-hydroxylation sites is 1. The molecule has 0 bridgehead atoms. The van der Waals surface area contributed by atoms with Gasteiger partial charge in [0.25, 0.3) is 0 Å². The monoisotopic (exact) mass is 726 g/mol. The number of benzene rings is 4. The Bertz CT molecular complexity index is 2530. The van der Waals surface area contributed by atoms with Gasteiger partial charge in [-0.05, 0) is 104 Å². The molecule has 5 heteroatoms.